The first kappa shape index (κ1) is 12.0. The van der Waals surface area contributed by atoms with Gasteiger partial charge in [0.1, 0.15) is 0 Å². The summed E-state index contributed by atoms with van der Waals surface area (Å²) in [5.41, 5.74) is 0.0805. The Morgan fingerprint density at radius 1 is 1.59 bits per heavy atom. The minimum absolute atomic E-state index is 0.0805. The van der Waals surface area contributed by atoms with E-state index in [2.05, 4.69) is 18.8 Å². The van der Waals surface area contributed by atoms with Crippen LogP contribution in [0.4, 0.5) is 4.39 Å². The number of pyridine rings is 1. The molecule has 3 nitrogen and oxygen atoms in total. The lowest BCUT2D eigenvalue weighted by Crippen LogP contribution is -2.30. The highest BCUT2D eigenvalue weighted by Crippen LogP contribution is 2.25. The van der Waals surface area contributed by atoms with Crippen molar-refractivity contribution in [3.05, 3.63) is 29.8 Å². The molecule has 1 aromatic rings. The fourth-order valence-electron chi connectivity index (χ4n) is 2.23. The number of carbonyl (C=O) groups is 1. The Morgan fingerprint density at radius 2 is 2.35 bits per heavy atom. The lowest BCUT2D eigenvalue weighted by atomic mass is 9.95. The van der Waals surface area contributed by atoms with Crippen molar-refractivity contribution in [2.75, 3.05) is 13.1 Å². The average molecular weight is 236 g/mol. The SMILES string of the molecule is CC(C)C1CCN(C(=O)c2cccnc2F)C1. The number of nitrogens with zero attached hydrogens (tertiary/aromatic N) is 2. The first-order valence-corrected chi connectivity index (χ1v) is 5.99. The number of rotatable bonds is 2. The van der Waals surface area contributed by atoms with Crippen molar-refractivity contribution >= 4 is 5.91 Å². The largest absolute Gasteiger partial charge is 0.338 e. The third kappa shape index (κ3) is 2.46. The van der Waals surface area contributed by atoms with Crippen LogP contribution in [0.5, 0.6) is 0 Å². The monoisotopic (exact) mass is 236 g/mol. The van der Waals surface area contributed by atoms with Gasteiger partial charge in [0.25, 0.3) is 5.91 Å². The quantitative estimate of drug-likeness (QED) is 0.738. The predicted molar refractivity (Wildman–Crippen MR) is 63.0 cm³/mol. The van der Waals surface area contributed by atoms with Crippen molar-refractivity contribution in [1.82, 2.24) is 9.88 Å². The first-order chi connectivity index (χ1) is 8.09. The minimum atomic E-state index is -0.675. The molecule has 17 heavy (non-hydrogen) atoms. The van der Waals surface area contributed by atoms with E-state index in [0.29, 0.717) is 11.8 Å². The van der Waals surface area contributed by atoms with Gasteiger partial charge in [-0.3, -0.25) is 4.79 Å². The zero-order valence-electron chi connectivity index (χ0n) is 10.2. The first-order valence-electron chi connectivity index (χ1n) is 5.99. The topological polar surface area (TPSA) is 33.2 Å². The highest BCUT2D eigenvalue weighted by molar-refractivity contribution is 5.94. The van der Waals surface area contributed by atoms with Gasteiger partial charge in [-0.25, -0.2) is 4.98 Å². The summed E-state index contributed by atoms with van der Waals surface area (Å²) in [4.78, 5) is 17.3. The van der Waals surface area contributed by atoms with E-state index >= 15 is 0 Å². The van der Waals surface area contributed by atoms with Gasteiger partial charge in [-0.15, -0.1) is 0 Å². The van der Waals surface area contributed by atoms with Crippen LogP contribution in [0.1, 0.15) is 30.6 Å². The van der Waals surface area contributed by atoms with Gasteiger partial charge in [-0.2, -0.15) is 4.39 Å². The van der Waals surface area contributed by atoms with E-state index in [1.807, 2.05) is 0 Å². The summed E-state index contributed by atoms with van der Waals surface area (Å²) in [6.07, 6.45) is 2.36. The molecule has 4 heteroatoms. The molecule has 1 fully saturated rings. The maximum absolute atomic E-state index is 13.4. The molecule has 0 aliphatic carbocycles. The van der Waals surface area contributed by atoms with Gasteiger partial charge in [0.15, 0.2) is 0 Å². The Morgan fingerprint density at radius 3 is 2.94 bits per heavy atom. The molecule has 2 heterocycles. The van der Waals surface area contributed by atoms with E-state index in [4.69, 9.17) is 0 Å². The lowest BCUT2D eigenvalue weighted by molar-refractivity contribution is 0.0778. The maximum Gasteiger partial charge on any atom is 0.258 e. The van der Waals surface area contributed by atoms with E-state index in [0.717, 1.165) is 19.5 Å². The molecule has 2 rings (SSSR count). The van der Waals surface area contributed by atoms with Crippen molar-refractivity contribution in [1.29, 1.82) is 0 Å². The molecule has 0 saturated carbocycles. The number of hydrogen-bond donors (Lipinski definition) is 0. The fourth-order valence-corrected chi connectivity index (χ4v) is 2.23. The predicted octanol–water partition coefficient (Wildman–Crippen LogP) is 2.34. The summed E-state index contributed by atoms with van der Waals surface area (Å²) < 4.78 is 13.4. The number of halogens is 1. The van der Waals surface area contributed by atoms with Crippen molar-refractivity contribution in [3.8, 4) is 0 Å². The van der Waals surface area contributed by atoms with Crippen LogP contribution in [-0.4, -0.2) is 28.9 Å². The zero-order valence-corrected chi connectivity index (χ0v) is 10.2. The second-order valence-corrected chi connectivity index (χ2v) is 4.89. The molecule has 0 N–H and O–H groups in total. The molecule has 0 spiro atoms. The molecular formula is C13H17FN2O. The lowest BCUT2D eigenvalue weighted by Gasteiger charge is -2.18. The molecule has 1 unspecified atom stereocenters. The van der Waals surface area contributed by atoms with Crippen LogP contribution < -0.4 is 0 Å². The van der Waals surface area contributed by atoms with Crippen molar-refractivity contribution < 1.29 is 9.18 Å². The van der Waals surface area contributed by atoms with Crippen molar-refractivity contribution in [3.63, 3.8) is 0 Å². The highest BCUT2D eigenvalue weighted by Gasteiger charge is 2.29. The van der Waals surface area contributed by atoms with Crippen molar-refractivity contribution in [2.24, 2.45) is 11.8 Å². The normalized spacial score (nSPS) is 20.0. The third-order valence-electron chi connectivity index (χ3n) is 3.44. The summed E-state index contributed by atoms with van der Waals surface area (Å²) in [6.45, 7) is 5.76. The summed E-state index contributed by atoms with van der Waals surface area (Å²) in [7, 11) is 0. The Kier molecular flexibility index (Phi) is 3.41. The second-order valence-electron chi connectivity index (χ2n) is 4.89. The number of carbonyl (C=O) groups excluding carboxylic acids is 1. The average Bonchev–Trinajstić information content (AvgIpc) is 2.78. The van der Waals surface area contributed by atoms with Crippen LogP contribution in [0.2, 0.25) is 0 Å². The Hall–Kier alpha value is -1.45. The number of likely N-dealkylation sites (tertiary alicyclic amines) is 1. The van der Waals surface area contributed by atoms with Crippen LogP contribution in [-0.2, 0) is 0 Å². The molecule has 1 aliphatic rings. The molecule has 1 atom stereocenters. The minimum Gasteiger partial charge on any atom is -0.338 e. The van der Waals surface area contributed by atoms with E-state index < -0.39 is 5.95 Å². The van der Waals surface area contributed by atoms with Gasteiger partial charge in [0, 0.05) is 19.3 Å². The van der Waals surface area contributed by atoms with Crippen LogP contribution in [0.25, 0.3) is 0 Å². The third-order valence-corrected chi connectivity index (χ3v) is 3.44. The van der Waals surface area contributed by atoms with Gasteiger partial charge in [0.05, 0.1) is 5.56 Å². The summed E-state index contributed by atoms with van der Waals surface area (Å²) >= 11 is 0. The molecule has 1 saturated heterocycles. The molecule has 1 aromatic heterocycles. The number of amides is 1. The molecule has 1 aliphatic heterocycles. The smallest absolute Gasteiger partial charge is 0.258 e. The molecule has 0 aromatic carbocycles. The van der Waals surface area contributed by atoms with Gasteiger partial charge in [-0.05, 0) is 30.4 Å². The Labute approximate surface area is 101 Å². The van der Waals surface area contributed by atoms with E-state index in [9.17, 15) is 9.18 Å². The number of aromatic nitrogens is 1. The second kappa shape index (κ2) is 4.82. The highest BCUT2D eigenvalue weighted by atomic mass is 19.1. The van der Waals surface area contributed by atoms with Gasteiger partial charge >= 0.3 is 0 Å². The standard InChI is InChI=1S/C13H17FN2O/c1-9(2)10-5-7-16(8-10)13(17)11-4-3-6-15-12(11)14/h3-4,6,9-10H,5,7-8H2,1-2H3. The molecule has 1 amide bonds. The number of hydrogen-bond acceptors (Lipinski definition) is 2. The van der Waals surface area contributed by atoms with Crippen molar-refractivity contribution in [2.45, 2.75) is 20.3 Å². The van der Waals surface area contributed by atoms with E-state index in [-0.39, 0.29) is 11.5 Å². The summed E-state index contributed by atoms with van der Waals surface area (Å²) in [5, 5.41) is 0. The van der Waals surface area contributed by atoms with Crippen LogP contribution >= 0.6 is 0 Å². The van der Waals surface area contributed by atoms with E-state index in [1.54, 1.807) is 11.0 Å². The van der Waals surface area contributed by atoms with Crippen LogP contribution in [0, 0.1) is 17.8 Å². The molecule has 0 radical (unpaired) electrons. The molecule has 92 valence electrons. The van der Waals surface area contributed by atoms with Gasteiger partial charge in [-0.1, -0.05) is 13.8 Å². The Balaban J connectivity index is 2.10. The van der Waals surface area contributed by atoms with E-state index in [1.165, 1.54) is 12.3 Å². The molecular weight excluding hydrogens is 219 g/mol. The molecule has 0 bridgehead atoms. The van der Waals surface area contributed by atoms with Crippen LogP contribution in [0.15, 0.2) is 18.3 Å². The zero-order chi connectivity index (χ0) is 12.4. The van der Waals surface area contributed by atoms with Gasteiger partial charge < -0.3 is 4.90 Å². The fraction of sp³-hybridized carbons (Fsp3) is 0.538. The Bertz CT molecular complexity index is 420. The maximum atomic E-state index is 13.4. The van der Waals surface area contributed by atoms with Crippen LogP contribution in [0.3, 0.4) is 0 Å². The summed E-state index contributed by atoms with van der Waals surface area (Å²) in [5.74, 6) is 0.175. The summed E-state index contributed by atoms with van der Waals surface area (Å²) in [6, 6.07) is 3.08. The van der Waals surface area contributed by atoms with Gasteiger partial charge in [0.2, 0.25) is 5.95 Å².